The van der Waals surface area contributed by atoms with Crippen LogP contribution in [-0.2, 0) is 0 Å². The average molecular weight is 365 g/mol. The Bertz CT molecular complexity index is 1050. The molecule has 3 aromatic rings. The average Bonchev–Trinajstić information content (AvgIpc) is 2.98. The molecule has 0 aliphatic rings. The van der Waals surface area contributed by atoms with Crippen molar-refractivity contribution in [3.63, 3.8) is 0 Å². The van der Waals surface area contributed by atoms with Gasteiger partial charge in [-0.15, -0.1) is 5.11 Å². The molecule has 0 spiro atoms. The number of thiocarbonyl (C=S) groups is 1. The van der Waals surface area contributed by atoms with Crippen molar-refractivity contribution in [2.24, 2.45) is 16.0 Å². The number of aromatic nitrogens is 2. The number of carbonyl (C=O) groups excluding carboxylic acids is 1. The van der Waals surface area contributed by atoms with E-state index < -0.39 is 5.56 Å². The zero-order chi connectivity index (χ0) is 18.7. The number of hydrogen-bond donors (Lipinski definition) is 2. The second kappa shape index (κ2) is 7.24. The van der Waals surface area contributed by atoms with E-state index in [9.17, 15) is 9.59 Å². The number of aromatic amines is 1. The summed E-state index contributed by atoms with van der Waals surface area (Å²) in [6.45, 7) is 1.49. The van der Waals surface area contributed by atoms with Crippen molar-refractivity contribution < 1.29 is 4.79 Å². The maximum atomic E-state index is 12.5. The lowest BCUT2D eigenvalue weighted by molar-refractivity contribution is 0.101. The molecule has 130 valence electrons. The lowest BCUT2D eigenvalue weighted by atomic mass is 10.1. The minimum atomic E-state index is -0.486. The van der Waals surface area contributed by atoms with Gasteiger partial charge in [-0.3, -0.25) is 14.7 Å². The highest BCUT2D eigenvalue weighted by Crippen LogP contribution is 2.27. The summed E-state index contributed by atoms with van der Waals surface area (Å²) in [5.74, 6) is -0.0372. The maximum Gasteiger partial charge on any atom is 0.301 e. The molecule has 0 atom stereocenters. The van der Waals surface area contributed by atoms with E-state index in [0.29, 0.717) is 16.9 Å². The SMILES string of the molecule is CC(=O)c1ccc(N=Nc2c(-c3ccccc3)[nH]n(C(N)=S)c2=O)cc1. The Morgan fingerprint density at radius 3 is 2.31 bits per heavy atom. The molecule has 26 heavy (non-hydrogen) atoms. The molecule has 0 aliphatic carbocycles. The molecule has 0 radical (unpaired) electrons. The molecule has 0 unspecified atom stereocenters. The number of azo groups is 1. The molecule has 1 aromatic heterocycles. The van der Waals surface area contributed by atoms with E-state index in [0.717, 1.165) is 10.2 Å². The van der Waals surface area contributed by atoms with Gasteiger partial charge in [0.15, 0.2) is 16.6 Å². The van der Waals surface area contributed by atoms with Crippen molar-refractivity contribution in [2.45, 2.75) is 6.92 Å². The number of Topliss-reactive ketones (excluding diaryl/α,β-unsaturated/α-hetero) is 1. The molecule has 0 aliphatic heterocycles. The zero-order valence-corrected chi connectivity index (χ0v) is 14.7. The number of nitrogens with one attached hydrogen (secondary N) is 1. The third kappa shape index (κ3) is 3.50. The van der Waals surface area contributed by atoms with Crippen molar-refractivity contribution in [1.82, 2.24) is 9.78 Å². The van der Waals surface area contributed by atoms with E-state index in [1.807, 2.05) is 30.3 Å². The van der Waals surface area contributed by atoms with Gasteiger partial charge in [-0.05, 0) is 43.4 Å². The van der Waals surface area contributed by atoms with Gasteiger partial charge in [0.25, 0.3) is 0 Å². The number of nitrogens with two attached hydrogens (primary N) is 1. The number of benzene rings is 2. The molecular weight excluding hydrogens is 350 g/mol. The fourth-order valence-electron chi connectivity index (χ4n) is 2.35. The van der Waals surface area contributed by atoms with Gasteiger partial charge in [-0.2, -0.15) is 9.80 Å². The first kappa shape index (κ1) is 17.4. The first-order valence-electron chi connectivity index (χ1n) is 7.70. The van der Waals surface area contributed by atoms with Gasteiger partial charge >= 0.3 is 5.56 Å². The van der Waals surface area contributed by atoms with Gasteiger partial charge in [0.05, 0.1) is 11.4 Å². The Hall–Kier alpha value is -3.39. The van der Waals surface area contributed by atoms with Crippen LogP contribution >= 0.6 is 12.2 Å². The van der Waals surface area contributed by atoms with Crippen LogP contribution in [0.25, 0.3) is 11.3 Å². The van der Waals surface area contributed by atoms with Gasteiger partial charge in [0.2, 0.25) is 0 Å². The molecule has 0 saturated carbocycles. The lowest BCUT2D eigenvalue weighted by Gasteiger charge is -1.99. The summed E-state index contributed by atoms with van der Waals surface area (Å²) < 4.78 is 1.05. The van der Waals surface area contributed by atoms with E-state index in [4.69, 9.17) is 18.0 Å². The molecular formula is C18H15N5O2S. The Morgan fingerprint density at radius 2 is 1.73 bits per heavy atom. The predicted molar refractivity (Wildman–Crippen MR) is 103 cm³/mol. The van der Waals surface area contributed by atoms with Crippen LogP contribution in [0.3, 0.4) is 0 Å². The van der Waals surface area contributed by atoms with Crippen LogP contribution in [0.5, 0.6) is 0 Å². The van der Waals surface area contributed by atoms with Gasteiger partial charge < -0.3 is 5.73 Å². The predicted octanol–water partition coefficient (Wildman–Crippen LogP) is 3.55. The second-order valence-electron chi connectivity index (χ2n) is 5.48. The largest absolute Gasteiger partial charge is 0.374 e. The fraction of sp³-hybridized carbons (Fsp3) is 0.0556. The van der Waals surface area contributed by atoms with Crippen molar-refractivity contribution in [3.8, 4) is 11.3 Å². The molecule has 7 nitrogen and oxygen atoms in total. The van der Waals surface area contributed by atoms with Crippen molar-refractivity contribution in [2.75, 3.05) is 0 Å². The molecule has 0 amide bonds. The summed E-state index contributed by atoms with van der Waals surface area (Å²) in [7, 11) is 0. The van der Waals surface area contributed by atoms with E-state index in [2.05, 4.69) is 15.3 Å². The van der Waals surface area contributed by atoms with Crippen LogP contribution in [0.1, 0.15) is 17.3 Å². The van der Waals surface area contributed by atoms with E-state index in [1.54, 1.807) is 24.3 Å². The van der Waals surface area contributed by atoms with E-state index in [-0.39, 0.29) is 16.6 Å². The molecule has 3 rings (SSSR count). The Balaban J connectivity index is 2.04. The number of hydrogen-bond acceptors (Lipinski definition) is 5. The van der Waals surface area contributed by atoms with Gasteiger partial charge in [-0.25, -0.2) is 0 Å². The Kier molecular flexibility index (Phi) is 4.85. The highest BCUT2D eigenvalue weighted by Gasteiger charge is 2.17. The van der Waals surface area contributed by atoms with Crippen LogP contribution in [0.4, 0.5) is 11.4 Å². The van der Waals surface area contributed by atoms with Crippen LogP contribution in [-0.4, -0.2) is 20.7 Å². The fourth-order valence-corrected chi connectivity index (χ4v) is 2.48. The minimum absolute atomic E-state index is 0.0372. The number of nitrogens with zero attached hydrogens (tertiary/aromatic N) is 3. The summed E-state index contributed by atoms with van der Waals surface area (Å²) in [6, 6.07) is 15.8. The smallest absolute Gasteiger partial charge is 0.301 e. The molecule has 0 bridgehead atoms. The van der Waals surface area contributed by atoms with Crippen molar-refractivity contribution in [3.05, 3.63) is 70.5 Å². The van der Waals surface area contributed by atoms with E-state index in [1.165, 1.54) is 6.92 Å². The van der Waals surface area contributed by atoms with Crippen LogP contribution in [0, 0.1) is 0 Å². The first-order chi connectivity index (χ1) is 12.5. The highest BCUT2D eigenvalue weighted by atomic mass is 32.1. The Labute approximate surface area is 154 Å². The topological polar surface area (TPSA) is 106 Å². The van der Waals surface area contributed by atoms with Gasteiger partial charge in [0.1, 0.15) is 0 Å². The summed E-state index contributed by atoms with van der Waals surface area (Å²) in [6.07, 6.45) is 0. The molecule has 8 heteroatoms. The summed E-state index contributed by atoms with van der Waals surface area (Å²) in [5, 5.41) is 10.9. The lowest BCUT2D eigenvalue weighted by Crippen LogP contribution is -2.29. The number of ketones is 1. The summed E-state index contributed by atoms with van der Waals surface area (Å²) in [5.41, 5.74) is 7.50. The van der Waals surface area contributed by atoms with Crippen molar-refractivity contribution in [1.29, 1.82) is 0 Å². The third-order valence-electron chi connectivity index (χ3n) is 3.69. The Morgan fingerprint density at radius 1 is 1.08 bits per heavy atom. The first-order valence-corrected chi connectivity index (χ1v) is 8.11. The minimum Gasteiger partial charge on any atom is -0.374 e. The normalized spacial score (nSPS) is 11.0. The van der Waals surface area contributed by atoms with Crippen molar-refractivity contribution >= 4 is 34.5 Å². The molecule has 3 N–H and O–H groups in total. The number of carbonyl (C=O) groups is 1. The van der Waals surface area contributed by atoms with Gasteiger partial charge in [-0.1, -0.05) is 30.3 Å². The summed E-state index contributed by atoms with van der Waals surface area (Å²) in [4.78, 5) is 23.9. The maximum absolute atomic E-state index is 12.5. The van der Waals surface area contributed by atoms with Crippen LogP contribution in [0.2, 0.25) is 0 Å². The van der Waals surface area contributed by atoms with Crippen LogP contribution < -0.4 is 11.3 Å². The summed E-state index contributed by atoms with van der Waals surface area (Å²) >= 11 is 4.89. The third-order valence-corrected chi connectivity index (χ3v) is 3.87. The molecule has 0 fully saturated rings. The quantitative estimate of drug-likeness (QED) is 0.419. The van der Waals surface area contributed by atoms with Crippen LogP contribution in [0.15, 0.2) is 69.6 Å². The highest BCUT2D eigenvalue weighted by molar-refractivity contribution is 7.80. The standard InChI is InChI=1S/C18H15N5O2S/c1-11(24)12-7-9-14(10-8-12)20-21-16-15(13-5-3-2-4-6-13)22-23(17(16)25)18(19)26/h2-10,22H,1H3,(H2,19,26). The monoisotopic (exact) mass is 365 g/mol. The molecule has 2 aromatic carbocycles. The molecule has 1 heterocycles. The second-order valence-corrected chi connectivity index (χ2v) is 5.90. The molecule has 0 saturated heterocycles. The van der Waals surface area contributed by atoms with E-state index >= 15 is 0 Å². The number of H-pyrrole nitrogens is 1. The van der Waals surface area contributed by atoms with Gasteiger partial charge in [0, 0.05) is 11.1 Å². The number of rotatable bonds is 4. The zero-order valence-electron chi connectivity index (χ0n) is 13.8.